The van der Waals surface area contributed by atoms with Crippen molar-refractivity contribution >= 4 is 27.5 Å². The van der Waals surface area contributed by atoms with Crippen molar-refractivity contribution < 1.29 is 14.3 Å². The number of hydrogen-bond donors (Lipinski definition) is 1. The monoisotopic (exact) mass is 433 g/mol. The summed E-state index contributed by atoms with van der Waals surface area (Å²) >= 11 is 3.50. The number of hydrogen-bond acceptors (Lipinski definition) is 3. The number of anilines is 1. The first-order valence-electron chi connectivity index (χ1n) is 9.50. The van der Waals surface area contributed by atoms with Crippen LogP contribution in [0.25, 0.3) is 0 Å². The normalized spacial score (nSPS) is 10.7. The lowest BCUT2D eigenvalue weighted by Gasteiger charge is -2.12. The average molecular weight is 434 g/mol. The van der Waals surface area contributed by atoms with Crippen molar-refractivity contribution in [3.05, 3.63) is 52.5 Å². The van der Waals surface area contributed by atoms with Gasteiger partial charge in [-0.25, -0.2) is 0 Å². The fraction of sp³-hybridized carbons (Fsp3) is 0.409. The number of ether oxygens (including phenoxy) is 2. The molecule has 0 radical (unpaired) electrons. The first-order chi connectivity index (χ1) is 13.0. The molecule has 0 aromatic heterocycles. The summed E-state index contributed by atoms with van der Waals surface area (Å²) in [6, 6.07) is 12.8. The molecule has 4 nitrogen and oxygen atoms in total. The molecule has 2 aromatic carbocycles. The number of rotatable bonds is 10. The van der Waals surface area contributed by atoms with E-state index in [4.69, 9.17) is 9.47 Å². The standard InChI is InChI=1S/C22H28BrNO3/c1-4-5-6-7-13-26-21-12-11-17(14-20(21)23)22(25)24-18-9-8-10-19(15-18)27-16(2)3/h8-12,14-16H,4-7,13H2,1-3H3,(H,24,25). The minimum atomic E-state index is -0.174. The summed E-state index contributed by atoms with van der Waals surface area (Å²) in [5.41, 5.74) is 1.26. The highest BCUT2D eigenvalue weighted by molar-refractivity contribution is 9.10. The molecule has 2 aromatic rings. The van der Waals surface area contributed by atoms with Gasteiger partial charge in [0.15, 0.2) is 0 Å². The van der Waals surface area contributed by atoms with Gasteiger partial charge in [-0.1, -0.05) is 32.3 Å². The van der Waals surface area contributed by atoms with Crippen molar-refractivity contribution in [3.8, 4) is 11.5 Å². The molecule has 0 unspecified atom stereocenters. The zero-order valence-corrected chi connectivity index (χ0v) is 17.8. The Bertz CT molecular complexity index is 746. The second-order valence-corrected chi connectivity index (χ2v) is 7.56. The van der Waals surface area contributed by atoms with Gasteiger partial charge >= 0.3 is 0 Å². The lowest BCUT2D eigenvalue weighted by Crippen LogP contribution is -2.12. The zero-order valence-electron chi connectivity index (χ0n) is 16.3. The summed E-state index contributed by atoms with van der Waals surface area (Å²) in [6.45, 7) is 6.81. The predicted molar refractivity (Wildman–Crippen MR) is 114 cm³/mol. The Balaban J connectivity index is 1.95. The van der Waals surface area contributed by atoms with E-state index in [1.54, 1.807) is 12.1 Å². The van der Waals surface area contributed by atoms with E-state index in [0.29, 0.717) is 17.9 Å². The van der Waals surface area contributed by atoms with Gasteiger partial charge < -0.3 is 14.8 Å². The number of carbonyl (C=O) groups excluding carboxylic acids is 1. The molecule has 0 aliphatic heterocycles. The molecule has 1 amide bonds. The van der Waals surface area contributed by atoms with Gasteiger partial charge in [0.2, 0.25) is 0 Å². The molecule has 0 saturated carbocycles. The summed E-state index contributed by atoms with van der Waals surface area (Å²) in [6.07, 6.45) is 4.74. The molecule has 0 heterocycles. The van der Waals surface area contributed by atoms with Crippen LogP contribution in [-0.2, 0) is 0 Å². The molecular weight excluding hydrogens is 406 g/mol. The Labute approximate surface area is 170 Å². The Morgan fingerprint density at radius 3 is 2.63 bits per heavy atom. The second kappa shape index (κ2) is 11.0. The molecule has 0 aliphatic rings. The molecule has 1 N–H and O–H groups in total. The van der Waals surface area contributed by atoms with Gasteiger partial charge in [0.1, 0.15) is 11.5 Å². The maximum Gasteiger partial charge on any atom is 0.255 e. The van der Waals surface area contributed by atoms with E-state index >= 15 is 0 Å². The van der Waals surface area contributed by atoms with Crippen LogP contribution in [0.2, 0.25) is 0 Å². The Kier molecular flexibility index (Phi) is 8.65. The van der Waals surface area contributed by atoms with Crippen molar-refractivity contribution in [1.82, 2.24) is 0 Å². The molecule has 0 bridgehead atoms. The van der Waals surface area contributed by atoms with Crippen LogP contribution < -0.4 is 14.8 Å². The number of carbonyl (C=O) groups is 1. The molecule has 0 aliphatic carbocycles. The van der Waals surface area contributed by atoms with Crippen LogP contribution in [0.5, 0.6) is 11.5 Å². The Morgan fingerprint density at radius 2 is 1.93 bits per heavy atom. The van der Waals surface area contributed by atoms with Crippen LogP contribution in [0.4, 0.5) is 5.69 Å². The number of benzene rings is 2. The summed E-state index contributed by atoms with van der Waals surface area (Å²) in [4.78, 5) is 12.5. The van der Waals surface area contributed by atoms with Gasteiger partial charge in [-0.3, -0.25) is 4.79 Å². The lowest BCUT2D eigenvalue weighted by molar-refractivity contribution is 0.102. The largest absolute Gasteiger partial charge is 0.492 e. The number of unbranched alkanes of at least 4 members (excludes halogenated alkanes) is 3. The van der Waals surface area contributed by atoms with E-state index in [9.17, 15) is 4.79 Å². The summed E-state index contributed by atoms with van der Waals surface area (Å²) < 4.78 is 12.2. The summed E-state index contributed by atoms with van der Waals surface area (Å²) in [5.74, 6) is 1.32. The molecule has 0 saturated heterocycles. The quantitative estimate of drug-likeness (QED) is 0.438. The third-order valence-corrected chi connectivity index (χ3v) is 4.53. The molecule has 0 fully saturated rings. The van der Waals surface area contributed by atoms with E-state index < -0.39 is 0 Å². The molecule has 27 heavy (non-hydrogen) atoms. The lowest BCUT2D eigenvalue weighted by atomic mass is 10.2. The molecule has 2 rings (SSSR count). The van der Waals surface area contributed by atoms with Crippen LogP contribution in [0.15, 0.2) is 46.9 Å². The van der Waals surface area contributed by atoms with Gasteiger partial charge in [0, 0.05) is 17.3 Å². The van der Waals surface area contributed by atoms with E-state index in [2.05, 4.69) is 28.2 Å². The highest BCUT2D eigenvalue weighted by Crippen LogP contribution is 2.27. The fourth-order valence-corrected chi connectivity index (χ4v) is 3.09. The van der Waals surface area contributed by atoms with Crippen molar-refractivity contribution in [3.63, 3.8) is 0 Å². The number of halogens is 1. The van der Waals surface area contributed by atoms with Crippen molar-refractivity contribution in [2.45, 2.75) is 52.6 Å². The third-order valence-electron chi connectivity index (χ3n) is 3.91. The highest BCUT2D eigenvalue weighted by Gasteiger charge is 2.10. The maximum absolute atomic E-state index is 12.5. The van der Waals surface area contributed by atoms with Gasteiger partial charge in [0.05, 0.1) is 17.2 Å². The smallest absolute Gasteiger partial charge is 0.255 e. The number of nitrogens with one attached hydrogen (secondary N) is 1. The summed E-state index contributed by atoms with van der Waals surface area (Å²) in [5, 5.41) is 2.90. The van der Waals surface area contributed by atoms with Crippen molar-refractivity contribution in [2.75, 3.05) is 11.9 Å². The van der Waals surface area contributed by atoms with E-state index in [1.807, 2.05) is 44.2 Å². The fourth-order valence-electron chi connectivity index (χ4n) is 2.59. The minimum Gasteiger partial charge on any atom is -0.492 e. The van der Waals surface area contributed by atoms with E-state index in [0.717, 1.165) is 22.4 Å². The minimum absolute atomic E-state index is 0.0847. The molecule has 5 heteroatoms. The van der Waals surface area contributed by atoms with Crippen LogP contribution in [0, 0.1) is 0 Å². The van der Waals surface area contributed by atoms with Gasteiger partial charge in [0.25, 0.3) is 5.91 Å². The topological polar surface area (TPSA) is 47.6 Å². The van der Waals surface area contributed by atoms with E-state index in [-0.39, 0.29) is 12.0 Å². The van der Waals surface area contributed by atoms with Crippen molar-refractivity contribution in [1.29, 1.82) is 0 Å². The third kappa shape index (κ3) is 7.25. The predicted octanol–water partition coefficient (Wildman–Crippen LogP) is 6.45. The number of amides is 1. The Hall–Kier alpha value is -2.01. The maximum atomic E-state index is 12.5. The van der Waals surface area contributed by atoms with Gasteiger partial charge in [-0.15, -0.1) is 0 Å². The van der Waals surface area contributed by atoms with Crippen LogP contribution >= 0.6 is 15.9 Å². The molecule has 146 valence electrons. The van der Waals surface area contributed by atoms with Crippen LogP contribution in [0.1, 0.15) is 56.8 Å². The Morgan fingerprint density at radius 1 is 1.11 bits per heavy atom. The zero-order chi connectivity index (χ0) is 19.6. The first kappa shape index (κ1) is 21.3. The molecular formula is C22H28BrNO3. The molecule has 0 spiro atoms. The van der Waals surface area contributed by atoms with Crippen molar-refractivity contribution in [2.24, 2.45) is 0 Å². The first-order valence-corrected chi connectivity index (χ1v) is 10.3. The summed E-state index contributed by atoms with van der Waals surface area (Å²) in [7, 11) is 0. The molecule has 0 atom stereocenters. The SMILES string of the molecule is CCCCCCOc1ccc(C(=O)Nc2cccc(OC(C)C)c2)cc1Br. The average Bonchev–Trinajstić information content (AvgIpc) is 2.62. The van der Waals surface area contributed by atoms with Gasteiger partial charge in [-0.2, -0.15) is 0 Å². The van der Waals surface area contributed by atoms with Crippen LogP contribution in [0.3, 0.4) is 0 Å². The van der Waals surface area contributed by atoms with Crippen LogP contribution in [-0.4, -0.2) is 18.6 Å². The van der Waals surface area contributed by atoms with Gasteiger partial charge in [-0.05, 0) is 66.5 Å². The highest BCUT2D eigenvalue weighted by atomic mass is 79.9. The van der Waals surface area contributed by atoms with E-state index in [1.165, 1.54) is 19.3 Å². The second-order valence-electron chi connectivity index (χ2n) is 6.70.